The Morgan fingerprint density at radius 2 is 1.86 bits per heavy atom. The summed E-state index contributed by atoms with van der Waals surface area (Å²) in [5.41, 5.74) is 1.49. The molecule has 7 heteroatoms. The average molecular weight is 313 g/mol. The molecule has 3 aromatic rings. The predicted molar refractivity (Wildman–Crippen MR) is 84.8 cm³/mol. The number of fused-ring (bicyclic) bond motifs is 2. The number of hydrogen-bond acceptors (Lipinski definition) is 5. The van der Waals surface area contributed by atoms with Crippen LogP contribution in [0.15, 0.2) is 42.5 Å². The van der Waals surface area contributed by atoms with E-state index in [9.17, 15) is 4.79 Å². The van der Waals surface area contributed by atoms with Crippen molar-refractivity contribution in [3.8, 4) is 11.5 Å². The van der Waals surface area contributed by atoms with Gasteiger partial charge < -0.3 is 14.8 Å². The van der Waals surface area contributed by atoms with Crippen molar-refractivity contribution in [3.63, 3.8) is 0 Å². The Morgan fingerprint density at radius 3 is 2.68 bits per heavy atom. The molecule has 1 aliphatic heterocycles. The van der Waals surface area contributed by atoms with Crippen molar-refractivity contribution in [2.24, 2.45) is 0 Å². The van der Waals surface area contributed by atoms with Crippen LogP contribution < -0.4 is 20.1 Å². The highest BCUT2D eigenvalue weighted by Crippen LogP contribution is 2.38. The topological polar surface area (TPSA) is 72.5 Å². The summed E-state index contributed by atoms with van der Waals surface area (Å²) in [5, 5.41) is 6.00. The summed E-state index contributed by atoms with van der Waals surface area (Å²) in [6, 6.07) is 12.6. The van der Waals surface area contributed by atoms with Gasteiger partial charge in [-0.25, -0.2) is 9.78 Å². The molecule has 0 spiro atoms. The molecule has 0 saturated carbocycles. The van der Waals surface area contributed by atoms with E-state index in [4.69, 9.17) is 9.47 Å². The third-order valence-corrected chi connectivity index (χ3v) is 4.07. The molecule has 0 aliphatic carbocycles. The van der Waals surface area contributed by atoms with Crippen LogP contribution in [0.4, 0.5) is 15.6 Å². The third-order valence-electron chi connectivity index (χ3n) is 3.13. The monoisotopic (exact) mass is 313 g/mol. The highest BCUT2D eigenvalue weighted by Gasteiger charge is 2.17. The Labute approximate surface area is 129 Å². The van der Waals surface area contributed by atoms with E-state index in [0.29, 0.717) is 16.6 Å². The quantitative estimate of drug-likeness (QED) is 0.757. The maximum atomic E-state index is 12.0. The summed E-state index contributed by atoms with van der Waals surface area (Å²) >= 11 is 1.38. The SMILES string of the molecule is O=C(Nc1ccccc1)Nc1nc2cc3c(cc2s1)OCO3. The largest absolute Gasteiger partial charge is 0.454 e. The van der Waals surface area contributed by atoms with Gasteiger partial charge in [-0.05, 0) is 12.1 Å². The number of ether oxygens (including phenoxy) is 2. The number of hydrogen-bond donors (Lipinski definition) is 2. The van der Waals surface area contributed by atoms with Gasteiger partial charge in [-0.3, -0.25) is 5.32 Å². The molecule has 0 fully saturated rings. The Kier molecular flexibility index (Phi) is 3.05. The number of para-hydroxylation sites is 1. The minimum Gasteiger partial charge on any atom is -0.454 e. The van der Waals surface area contributed by atoms with Gasteiger partial charge in [-0.2, -0.15) is 0 Å². The third kappa shape index (κ3) is 2.42. The van der Waals surface area contributed by atoms with Crippen LogP contribution in [-0.2, 0) is 0 Å². The smallest absolute Gasteiger partial charge is 0.325 e. The van der Waals surface area contributed by atoms with Gasteiger partial charge >= 0.3 is 6.03 Å². The Hall–Kier alpha value is -2.80. The second-order valence-corrected chi connectivity index (χ2v) is 5.67. The van der Waals surface area contributed by atoms with Crippen LogP contribution in [0.25, 0.3) is 10.2 Å². The molecule has 0 atom stereocenters. The van der Waals surface area contributed by atoms with Crippen molar-refractivity contribution >= 4 is 38.4 Å². The number of rotatable bonds is 2. The van der Waals surface area contributed by atoms with Crippen LogP contribution in [-0.4, -0.2) is 17.8 Å². The van der Waals surface area contributed by atoms with E-state index in [0.717, 1.165) is 15.9 Å². The second kappa shape index (κ2) is 5.19. The molecule has 22 heavy (non-hydrogen) atoms. The van der Waals surface area contributed by atoms with Crippen molar-refractivity contribution in [1.82, 2.24) is 4.98 Å². The van der Waals surface area contributed by atoms with Gasteiger partial charge in [0.15, 0.2) is 16.6 Å². The van der Waals surface area contributed by atoms with E-state index >= 15 is 0 Å². The Bertz CT molecular complexity index is 807. The lowest BCUT2D eigenvalue weighted by atomic mass is 10.3. The molecule has 2 amide bonds. The molecule has 2 aromatic carbocycles. The normalized spacial score (nSPS) is 12.4. The van der Waals surface area contributed by atoms with E-state index in [-0.39, 0.29) is 12.8 Å². The molecular weight excluding hydrogens is 302 g/mol. The van der Waals surface area contributed by atoms with Crippen LogP contribution in [0.2, 0.25) is 0 Å². The first kappa shape index (κ1) is 12.9. The summed E-state index contributed by atoms with van der Waals surface area (Å²) in [4.78, 5) is 16.3. The van der Waals surface area contributed by atoms with Crippen LogP contribution in [0.5, 0.6) is 11.5 Å². The standard InChI is InChI=1S/C15H11N3O3S/c19-14(16-9-4-2-1-3-5-9)18-15-17-10-6-11-12(21-8-20-11)7-13(10)22-15/h1-7H,8H2,(H2,16,17,18,19). The summed E-state index contributed by atoms with van der Waals surface area (Å²) < 4.78 is 11.6. The lowest BCUT2D eigenvalue weighted by Crippen LogP contribution is -2.19. The number of nitrogens with one attached hydrogen (secondary N) is 2. The molecule has 0 bridgehead atoms. The fourth-order valence-electron chi connectivity index (χ4n) is 2.15. The van der Waals surface area contributed by atoms with Gasteiger partial charge in [0.05, 0.1) is 10.2 Å². The molecule has 1 aromatic heterocycles. The Balaban J connectivity index is 1.53. The molecule has 0 saturated heterocycles. The lowest BCUT2D eigenvalue weighted by Gasteiger charge is -2.04. The molecule has 6 nitrogen and oxygen atoms in total. The van der Waals surface area contributed by atoms with Crippen molar-refractivity contribution in [2.45, 2.75) is 0 Å². The highest BCUT2D eigenvalue weighted by molar-refractivity contribution is 7.22. The van der Waals surface area contributed by atoms with E-state index in [1.165, 1.54) is 11.3 Å². The fourth-order valence-corrected chi connectivity index (χ4v) is 3.02. The number of anilines is 2. The van der Waals surface area contributed by atoms with Crippen LogP contribution in [0.3, 0.4) is 0 Å². The molecule has 1 aliphatic rings. The number of amides is 2. The predicted octanol–water partition coefficient (Wildman–Crippen LogP) is 3.67. The summed E-state index contributed by atoms with van der Waals surface area (Å²) in [5.74, 6) is 1.38. The number of aromatic nitrogens is 1. The minimum absolute atomic E-state index is 0.233. The summed E-state index contributed by atoms with van der Waals surface area (Å²) in [6.45, 7) is 0.233. The van der Waals surface area contributed by atoms with Gasteiger partial charge in [-0.15, -0.1) is 0 Å². The number of benzene rings is 2. The zero-order valence-corrected chi connectivity index (χ0v) is 12.1. The van der Waals surface area contributed by atoms with Gasteiger partial charge in [0.25, 0.3) is 0 Å². The molecule has 4 rings (SSSR count). The van der Waals surface area contributed by atoms with Gasteiger partial charge in [0, 0.05) is 17.8 Å². The number of thiazole rings is 1. The molecular formula is C15H11N3O3S. The minimum atomic E-state index is -0.328. The molecule has 0 unspecified atom stereocenters. The van der Waals surface area contributed by atoms with E-state index < -0.39 is 0 Å². The van der Waals surface area contributed by atoms with Crippen LogP contribution >= 0.6 is 11.3 Å². The van der Waals surface area contributed by atoms with Gasteiger partial charge in [-0.1, -0.05) is 29.5 Å². The van der Waals surface area contributed by atoms with Crippen LogP contribution in [0.1, 0.15) is 0 Å². The zero-order valence-electron chi connectivity index (χ0n) is 11.3. The molecule has 0 radical (unpaired) electrons. The maximum Gasteiger partial charge on any atom is 0.325 e. The first-order chi connectivity index (χ1) is 10.8. The fraction of sp³-hybridized carbons (Fsp3) is 0.0667. The van der Waals surface area contributed by atoms with Crippen molar-refractivity contribution in [3.05, 3.63) is 42.5 Å². The highest BCUT2D eigenvalue weighted by atomic mass is 32.1. The molecule has 2 N–H and O–H groups in total. The number of carbonyl (C=O) groups excluding carboxylic acids is 1. The van der Waals surface area contributed by atoms with E-state index in [1.54, 1.807) is 0 Å². The zero-order chi connectivity index (χ0) is 14.9. The number of urea groups is 1. The second-order valence-electron chi connectivity index (χ2n) is 4.64. The first-order valence-electron chi connectivity index (χ1n) is 6.61. The van der Waals surface area contributed by atoms with Crippen molar-refractivity contribution in [1.29, 1.82) is 0 Å². The van der Waals surface area contributed by atoms with Crippen LogP contribution in [0, 0.1) is 0 Å². The first-order valence-corrected chi connectivity index (χ1v) is 7.43. The van der Waals surface area contributed by atoms with E-state index in [2.05, 4.69) is 15.6 Å². The van der Waals surface area contributed by atoms with Gasteiger partial charge in [0.1, 0.15) is 0 Å². The van der Waals surface area contributed by atoms with Crippen molar-refractivity contribution in [2.75, 3.05) is 17.4 Å². The molecule has 110 valence electrons. The van der Waals surface area contributed by atoms with E-state index in [1.807, 2.05) is 42.5 Å². The molecule has 2 heterocycles. The summed E-state index contributed by atoms with van der Waals surface area (Å²) in [7, 11) is 0. The maximum absolute atomic E-state index is 12.0. The van der Waals surface area contributed by atoms with Crippen molar-refractivity contribution < 1.29 is 14.3 Å². The Morgan fingerprint density at radius 1 is 1.09 bits per heavy atom. The summed E-state index contributed by atoms with van der Waals surface area (Å²) in [6.07, 6.45) is 0. The lowest BCUT2D eigenvalue weighted by molar-refractivity contribution is 0.174. The number of nitrogens with zero attached hydrogens (tertiary/aromatic N) is 1. The average Bonchev–Trinajstić information content (AvgIpc) is 3.10. The number of carbonyl (C=O) groups is 1. The van der Waals surface area contributed by atoms with Gasteiger partial charge in [0.2, 0.25) is 6.79 Å².